The molecule has 0 fully saturated rings. The third-order valence-electron chi connectivity index (χ3n) is 3.54. The van der Waals surface area contributed by atoms with Gasteiger partial charge in [-0.05, 0) is 41.8 Å². The van der Waals surface area contributed by atoms with Gasteiger partial charge >= 0.3 is 0 Å². The Hall–Kier alpha value is -1.13. The van der Waals surface area contributed by atoms with Crippen molar-refractivity contribution in [3.63, 3.8) is 0 Å². The van der Waals surface area contributed by atoms with Gasteiger partial charge in [0.2, 0.25) is 0 Å². The molecule has 20 heavy (non-hydrogen) atoms. The third-order valence-corrected chi connectivity index (χ3v) is 4.46. The molecule has 0 aliphatic carbocycles. The van der Waals surface area contributed by atoms with Gasteiger partial charge in [0.25, 0.3) is 0 Å². The van der Waals surface area contributed by atoms with Crippen LogP contribution in [0.1, 0.15) is 42.5 Å². The van der Waals surface area contributed by atoms with Crippen LogP contribution in [-0.2, 0) is 19.4 Å². The summed E-state index contributed by atoms with van der Waals surface area (Å²) in [6.45, 7) is 7.02. The van der Waals surface area contributed by atoms with E-state index in [1.807, 2.05) is 35.9 Å². The zero-order valence-corrected chi connectivity index (χ0v) is 13.8. The van der Waals surface area contributed by atoms with Crippen LogP contribution in [0.15, 0.2) is 28.7 Å². The van der Waals surface area contributed by atoms with Crippen LogP contribution in [-0.4, -0.2) is 14.9 Å². The van der Waals surface area contributed by atoms with Crippen LogP contribution < -0.4 is 0 Å². The number of nitrogens with zero attached hydrogens (tertiary/aromatic N) is 2. The Kier molecular flexibility index (Phi) is 5.00. The molecule has 1 unspecified atom stereocenters. The Labute approximate surface area is 128 Å². The molecule has 0 spiro atoms. The molecule has 3 nitrogen and oxygen atoms in total. The lowest BCUT2D eigenvalue weighted by molar-refractivity contribution is 0.175. The van der Waals surface area contributed by atoms with Crippen molar-refractivity contribution >= 4 is 15.9 Å². The average Bonchev–Trinajstić information content (AvgIpc) is 2.76. The van der Waals surface area contributed by atoms with Gasteiger partial charge in [0.1, 0.15) is 0 Å². The van der Waals surface area contributed by atoms with Crippen molar-refractivity contribution in [1.82, 2.24) is 9.78 Å². The molecule has 2 aromatic rings. The molecular formula is C16H21BrN2O. The maximum Gasteiger partial charge on any atom is 0.0845 e. The van der Waals surface area contributed by atoms with Crippen molar-refractivity contribution in [2.75, 3.05) is 0 Å². The number of aliphatic hydroxyl groups is 1. The van der Waals surface area contributed by atoms with E-state index in [2.05, 4.69) is 34.9 Å². The lowest BCUT2D eigenvalue weighted by atomic mass is 10.0. The molecule has 1 atom stereocenters. The molecular weight excluding hydrogens is 316 g/mol. The van der Waals surface area contributed by atoms with Crippen molar-refractivity contribution in [2.45, 2.75) is 46.3 Å². The molecule has 0 aliphatic heterocycles. The van der Waals surface area contributed by atoms with Crippen LogP contribution in [0.5, 0.6) is 0 Å². The Bertz CT molecular complexity index is 575. The zero-order valence-electron chi connectivity index (χ0n) is 12.2. The Morgan fingerprint density at radius 3 is 2.45 bits per heavy atom. The fourth-order valence-electron chi connectivity index (χ4n) is 2.30. The van der Waals surface area contributed by atoms with Crippen LogP contribution in [0.3, 0.4) is 0 Å². The first-order chi connectivity index (χ1) is 9.56. The van der Waals surface area contributed by atoms with E-state index < -0.39 is 6.10 Å². The summed E-state index contributed by atoms with van der Waals surface area (Å²) in [6, 6.07) is 8.03. The second kappa shape index (κ2) is 6.55. The number of hydrogen-bond acceptors (Lipinski definition) is 2. The van der Waals surface area contributed by atoms with Crippen LogP contribution in [0.4, 0.5) is 0 Å². The standard InChI is InChI=1S/C16H21BrN2O/c1-4-13-16(17)14(19(5-2)18-13)10-15(20)12-8-6-11(3)7-9-12/h6-9,15,20H,4-5,10H2,1-3H3. The third kappa shape index (κ3) is 3.13. The number of aromatic nitrogens is 2. The van der Waals surface area contributed by atoms with Crippen LogP contribution >= 0.6 is 15.9 Å². The maximum absolute atomic E-state index is 10.4. The van der Waals surface area contributed by atoms with Crippen LogP contribution in [0, 0.1) is 6.92 Å². The first-order valence-corrected chi connectivity index (χ1v) is 7.84. The number of halogens is 1. The van der Waals surface area contributed by atoms with Crippen molar-refractivity contribution < 1.29 is 5.11 Å². The second-order valence-electron chi connectivity index (χ2n) is 5.01. The number of aryl methyl sites for hydroxylation is 3. The van der Waals surface area contributed by atoms with E-state index in [1.54, 1.807) is 0 Å². The van der Waals surface area contributed by atoms with Gasteiger partial charge < -0.3 is 5.11 Å². The predicted octanol–water partition coefficient (Wildman–Crippen LogP) is 3.81. The highest BCUT2D eigenvalue weighted by Gasteiger charge is 2.18. The Morgan fingerprint density at radius 2 is 1.90 bits per heavy atom. The predicted molar refractivity (Wildman–Crippen MR) is 84.8 cm³/mol. The van der Waals surface area contributed by atoms with Crippen molar-refractivity contribution in [2.24, 2.45) is 0 Å². The smallest absolute Gasteiger partial charge is 0.0845 e. The summed E-state index contributed by atoms with van der Waals surface area (Å²) in [7, 11) is 0. The molecule has 4 heteroatoms. The molecule has 0 radical (unpaired) electrons. The van der Waals surface area contributed by atoms with E-state index in [-0.39, 0.29) is 0 Å². The van der Waals surface area contributed by atoms with Crippen molar-refractivity contribution in [3.05, 3.63) is 51.3 Å². The number of aliphatic hydroxyl groups excluding tert-OH is 1. The highest BCUT2D eigenvalue weighted by molar-refractivity contribution is 9.10. The van der Waals surface area contributed by atoms with Gasteiger partial charge in [-0.2, -0.15) is 5.10 Å². The highest BCUT2D eigenvalue weighted by Crippen LogP contribution is 2.27. The minimum atomic E-state index is -0.501. The number of benzene rings is 1. The van der Waals surface area contributed by atoms with Crippen molar-refractivity contribution in [1.29, 1.82) is 0 Å². The second-order valence-corrected chi connectivity index (χ2v) is 5.80. The van der Waals surface area contributed by atoms with Crippen molar-refractivity contribution in [3.8, 4) is 0 Å². The summed E-state index contributed by atoms with van der Waals surface area (Å²) >= 11 is 3.62. The molecule has 1 aromatic carbocycles. The summed E-state index contributed by atoms with van der Waals surface area (Å²) in [5.41, 5.74) is 4.27. The van der Waals surface area contributed by atoms with Gasteiger partial charge in [-0.15, -0.1) is 0 Å². The summed E-state index contributed by atoms with van der Waals surface area (Å²) in [5.74, 6) is 0. The average molecular weight is 337 g/mol. The molecule has 2 rings (SSSR count). The summed E-state index contributed by atoms with van der Waals surface area (Å²) in [4.78, 5) is 0. The van der Waals surface area contributed by atoms with E-state index in [4.69, 9.17) is 0 Å². The monoisotopic (exact) mass is 336 g/mol. The lowest BCUT2D eigenvalue weighted by Crippen LogP contribution is -2.09. The minimum Gasteiger partial charge on any atom is -0.388 e. The van der Waals surface area contributed by atoms with Gasteiger partial charge in [-0.3, -0.25) is 4.68 Å². The fraction of sp³-hybridized carbons (Fsp3) is 0.438. The van der Waals surface area contributed by atoms with Gasteiger partial charge in [0.05, 0.1) is 22.0 Å². The van der Waals surface area contributed by atoms with Gasteiger partial charge in [0.15, 0.2) is 0 Å². The maximum atomic E-state index is 10.4. The largest absolute Gasteiger partial charge is 0.388 e. The molecule has 108 valence electrons. The number of hydrogen-bond donors (Lipinski definition) is 1. The van der Waals surface area contributed by atoms with Gasteiger partial charge in [-0.25, -0.2) is 0 Å². The van der Waals surface area contributed by atoms with Crippen LogP contribution in [0.25, 0.3) is 0 Å². The molecule has 0 saturated heterocycles. The summed E-state index contributed by atoms with van der Waals surface area (Å²) < 4.78 is 3.01. The summed E-state index contributed by atoms with van der Waals surface area (Å²) in [6.07, 6.45) is 0.963. The minimum absolute atomic E-state index is 0.501. The Balaban J connectivity index is 2.25. The van der Waals surface area contributed by atoms with Crippen LogP contribution in [0.2, 0.25) is 0 Å². The number of rotatable bonds is 5. The Morgan fingerprint density at radius 1 is 1.25 bits per heavy atom. The lowest BCUT2D eigenvalue weighted by Gasteiger charge is -2.13. The fourth-order valence-corrected chi connectivity index (χ4v) is 3.03. The van der Waals surface area contributed by atoms with E-state index in [1.165, 1.54) is 5.56 Å². The highest BCUT2D eigenvalue weighted by atomic mass is 79.9. The van der Waals surface area contributed by atoms with Gasteiger partial charge in [-0.1, -0.05) is 36.8 Å². The molecule has 0 bridgehead atoms. The topological polar surface area (TPSA) is 38.0 Å². The van der Waals surface area contributed by atoms with E-state index in [9.17, 15) is 5.11 Å². The van der Waals surface area contributed by atoms with Gasteiger partial charge in [0, 0.05) is 13.0 Å². The quantitative estimate of drug-likeness (QED) is 0.901. The SMILES string of the molecule is CCc1nn(CC)c(CC(O)c2ccc(C)cc2)c1Br. The van der Waals surface area contributed by atoms with E-state index >= 15 is 0 Å². The van der Waals surface area contributed by atoms with E-state index in [0.717, 1.165) is 34.4 Å². The zero-order chi connectivity index (χ0) is 14.7. The normalized spacial score (nSPS) is 12.7. The molecule has 0 aliphatic rings. The first-order valence-electron chi connectivity index (χ1n) is 7.05. The summed E-state index contributed by atoms with van der Waals surface area (Å²) in [5, 5.41) is 15.0. The first kappa shape index (κ1) is 15.3. The molecule has 0 saturated carbocycles. The molecule has 1 N–H and O–H groups in total. The molecule has 1 aromatic heterocycles. The molecule has 0 amide bonds. The molecule has 1 heterocycles. The van der Waals surface area contributed by atoms with E-state index in [0.29, 0.717) is 6.42 Å².